The number of carbonyl (C=O) groups is 2. The Bertz CT molecular complexity index is 277. The molecule has 17 heavy (non-hydrogen) atoms. The van der Waals surface area contributed by atoms with Crippen LogP contribution in [0.5, 0.6) is 0 Å². The normalized spacial score (nSPS) is 15.9. The van der Waals surface area contributed by atoms with E-state index in [2.05, 4.69) is 4.90 Å². The van der Waals surface area contributed by atoms with Gasteiger partial charge in [-0.05, 0) is 25.9 Å². The molecular weight excluding hydrogens is 222 g/mol. The number of hydrogen-bond acceptors (Lipinski definition) is 3. The summed E-state index contributed by atoms with van der Waals surface area (Å²) in [6.45, 7) is 3.46. The molecule has 1 N–H and O–H groups in total. The van der Waals surface area contributed by atoms with Crippen LogP contribution in [0.2, 0.25) is 0 Å². The molecule has 6 heteroatoms. The fraction of sp³-hybridized carbons (Fsp3) is 0.818. The zero-order chi connectivity index (χ0) is 12.8. The second-order valence-corrected chi connectivity index (χ2v) is 4.50. The number of carboxylic acid groups (broad SMARTS) is 1. The van der Waals surface area contributed by atoms with E-state index in [1.807, 2.05) is 0 Å². The van der Waals surface area contributed by atoms with Crippen molar-refractivity contribution in [3.63, 3.8) is 0 Å². The Morgan fingerprint density at radius 3 is 2.29 bits per heavy atom. The van der Waals surface area contributed by atoms with Crippen molar-refractivity contribution in [2.45, 2.75) is 12.8 Å². The van der Waals surface area contributed by atoms with E-state index in [1.165, 1.54) is 24.8 Å². The van der Waals surface area contributed by atoms with E-state index in [4.69, 9.17) is 5.11 Å². The fourth-order valence-electron chi connectivity index (χ4n) is 1.96. The van der Waals surface area contributed by atoms with Crippen molar-refractivity contribution in [1.29, 1.82) is 0 Å². The lowest BCUT2D eigenvalue weighted by Gasteiger charge is -2.25. The van der Waals surface area contributed by atoms with Crippen molar-refractivity contribution >= 4 is 12.0 Å². The number of carbonyl (C=O) groups excluding carboxylic acids is 1. The molecular formula is C11H21N3O3. The molecule has 1 saturated heterocycles. The first kappa shape index (κ1) is 13.8. The van der Waals surface area contributed by atoms with E-state index in [1.54, 1.807) is 11.9 Å². The SMILES string of the molecule is CN(CCN1CCCC1)C(=O)N(C)CC(=O)O. The predicted octanol–water partition coefficient (Wildman–Crippen LogP) is 0.150. The Labute approximate surface area is 102 Å². The average Bonchev–Trinajstić information content (AvgIpc) is 2.76. The molecule has 0 unspecified atom stereocenters. The molecule has 1 aliphatic heterocycles. The maximum atomic E-state index is 11.8. The number of rotatable bonds is 5. The number of likely N-dealkylation sites (tertiary alicyclic amines) is 1. The molecule has 1 heterocycles. The summed E-state index contributed by atoms with van der Waals surface area (Å²) in [6.07, 6.45) is 2.47. The Balaban J connectivity index is 2.27. The predicted molar refractivity (Wildman–Crippen MR) is 64.0 cm³/mol. The molecule has 0 aromatic carbocycles. The van der Waals surface area contributed by atoms with Gasteiger partial charge >= 0.3 is 12.0 Å². The summed E-state index contributed by atoms with van der Waals surface area (Å²) in [4.78, 5) is 27.3. The van der Waals surface area contributed by atoms with Gasteiger partial charge in [0.15, 0.2) is 0 Å². The van der Waals surface area contributed by atoms with Gasteiger partial charge in [0.2, 0.25) is 0 Å². The summed E-state index contributed by atoms with van der Waals surface area (Å²) < 4.78 is 0. The zero-order valence-electron chi connectivity index (χ0n) is 10.6. The van der Waals surface area contributed by atoms with Crippen LogP contribution in [-0.4, -0.2) is 78.6 Å². The van der Waals surface area contributed by atoms with Gasteiger partial charge in [-0.2, -0.15) is 0 Å². The van der Waals surface area contributed by atoms with Crippen LogP contribution in [0, 0.1) is 0 Å². The first-order chi connectivity index (χ1) is 8.00. The van der Waals surface area contributed by atoms with Crippen molar-refractivity contribution in [2.75, 3.05) is 46.8 Å². The van der Waals surface area contributed by atoms with E-state index in [0.29, 0.717) is 6.54 Å². The largest absolute Gasteiger partial charge is 0.480 e. The van der Waals surface area contributed by atoms with Gasteiger partial charge in [-0.1, -0.05) is 0 Å². The van der Waals surface area contributed by atoms with Crippen molar-refractivity contribution in [2.24, 2.45) is 0 Å². The maximum absolute atomic E-state index is 11.8. The summed E-state index contributed by atoms with van der Waals surface area (Å²) in [7, 11) is 3.21. The minimum atomic E-state index is -0.992. The number of carboxylic acids is 1. The quantitative estimate of drug-likeness (QED) is 0.746. The van der Waals surface area contributed by atoms with Crippen LogP contribution in [0.3, 0.4) is 0 Å². The van der Waals surface area contributed by atoms with E-state index in [-0.39, 0.29) is 12.6 Å². The third kappa shape index (κ3) is 4.60. The molecule has 2 amide bonds. The van der Waals surface area contributed by atoms with Crippen LogP contribution >= 0.6 is 0 Å². The lowest BCUT2D eigenvalue weighted by molar-refractivity contribution is -0.137. The van der Waals surface area contributed by atoms with Gasteiger partial charge in [0, 0.05) is 27.2 Å². The summed E-state index contributed by atoms with van der Waals surface area (Å²) in [5.74, 6) is -0.992. The smallest absolute Gasteiger partial charge is 0.323 e. The minimum Gasteiger partial charge on any atom is -0.480 e. The molecule has 0 aliphatic carbocycles. The standard InChI is InChI=1S/C11H21N3O3/c1-12(7-8-14-5-3-4-6-14)11(17)13(2)9-10(15)16/h3-9H2,1-2H3,(H,15,16). The summed E-state index contributed by atoms with van der Waals surface area (Å²) in [5.41, 5.74) is 0. The van der Waals surface area contributed by atoms with Gasteiger partial charge in [0.05, 0.1) is 0 Å². The summed E-state index contributed by atoms with van der Waals surface area (Å²) in [5, 5.41) is 8.60. The number of urea groups is 1. The van der Waals surface area contributed by atoms with Crippen molar-refractivity contribution < 1.29 is 14.7 Å². The van der Waals surface area contributed by atoms with Crippen LogP contribution in [0.1, 0.15) is 12.8 Å². The molecule has 0 spiro atoms. The third-order valence-corrected chi connectivity index (χ3v) is 2.98. The molecule has 6 nitrogen and oxygen atoms in total. The summed E-state index contributed by atoms with van der Waals surface area (Å²) >= 11 is 0. The second kappa shape index (κ2) is 6.44. The molecule has 0 saturated carbocycles. The van der Waals surface area contributed by atoms with Gasteiger partial charge in [0.25, 0.3) is 0 Å². The Kier molecular flexibility index (Phi) is 5.21. The van der Waals surface area contributed by atoms with E-state index < -0.39 is 5.97 Å². The number of likely N-dealkylation sites (N-methyl/N-ethyl adjacent to an activating group) is 2. The topological polar surface area (TPSA) is 64.1 Å². The molecule has 0 bridgehead atoms. The average molecular weight is 243 g/mol. The van der Waals surface area contributed by atoms with Crippen LogP contribution in [0.4, 0.5) is 4.79 Å². The Morgan fingerprint density at radius 2 is 1.76 bits per heavy atom. The van der Waals surface area contributed by atoms with Crippen molar-refractivity contribution in [1.82, 2.24) is 14.7 Å². The van der Waals surface area contributed by atoms with E-state index >= 15 is 0 Å². The minimum absolute atomic E-state index is 0.244. The number of nitrogens with zero attached hydrogens (tertiary/aromatic N) is 3. The first-order valence-electron chi connectivity index (χ1n) is 5.91. The highest BCUT2D eigenvalue weighted by Crippen LogP contribution is 2.06. The van der Waals surface area contributed by atoms with Gasteiger partial charge in [-0.15, -0.1) is 0 Å². The monoisotopic (exact) mass is 243 g/mol. The van der Waals surface area contributed by atoms with Crippen LogP contribution in [0.25, 0.3) is 0 Å². The zero-order valence-corrected chi connectivity index (χ0v) is 10.6. The number of amides is 2. The molecule has 0 atom stereocenters. The highest BCUT2D eigenvalue weighted by Gasteiger charge is 2.18. The molecule has 1 aliphatic rings. The van der Waals surface area contributed by atoms with Gasteiger partial charge in [0.1, 0.15) is 6.54 Å². The Morgan fingerprint density at radius 1 is 1.18 bits per heavy atom. The molecule has 0 aromatic heterocycles. The van der Waals surface area contributed by atoms with E-state index in [9.17, 15) is 9.59 Å². The van der Waals surface area contributed by atoms with Gasteiger partial charge in [-0.3, -0.25) is 4.79 Å². The van der Waals surface area contributed by atoms with Crippen molar-refractivity contribution in [3.8, 4) is 0 Å². The molecule has 1 fully saturated rings. The fourth-order valence-corrected chi connectivity index (χ4v) is 1.96. The number of hydrogen-bond donors (Lipinski definition) is 1. The number of aliphatic carboxylic acids is 1. The molecule has 0 radical (unpaired) electrons. The third-order valence-electron chi connectivity index (χ3n) is 2.98. The van der Waals surface area contributed by atoms with Crippen LogP contribution in [-0.2, 0) is 4.79 Å². The van der Waals surface area contributed by atoms with Crippen molar-refractivity contribution in [3.05, 3.63) is 0 Å². The molecule has 0 aromatic rings. The highest BCUT2D eigenvalue weighted by atomic mass is 16.4. The van der Waals surface area contributed by atoms with Gasteiger partial charge < -0.3 is 19.8 Å². The second-order valence-electron chi connectivity index (χ2n) is 4.50. The van der Waals surface area contributed by atoms with Crippen LogP contribution < -0.4 is 0 Å². The lowest BCUT2D eigenvalue weighted by Crippen LogP contribution is -2.43. The van der Waals surface area contributed by atoms with Gasteiger partial charge in [-0.25, -0.2) is 4.79 Å². The van der Waals surface area contributed by atoms with E-state index in [0.717, 1.165) is 19.6 Å². The first-order valence-corrected chi connectivity index (χ1v) is 5.91. The lowest BCUT2D eigenvalue weighted by atomic mass is 10.4. The highest BCUT2D eigenvalue weighted by molar-refractivity contribution is 5.79. The summed E-state index contributed by atoms with van der Waals surface area (Å²) in [6, 6.07) is -0.244. The Hall–Kier alpha value is -1.30. The maximum Gasteiger partial charge on any atom is 0.323 e. The molecule has 98 valence electrons. The molecule has 1 rings (SSSR count). The van der Waals surface area contributed by atoms with Crippen LogP contribution in [0.15, 0.2) is 0 Å².